The normalized spacial score (nSPS) is 17.5. The Morgan fingerprint density at radius 2 is 2.41 bits per heavy atom. The quantitative estimate of drug-likeness (QED) is 0.627. The Bertz CT molecular complexity index is 391. The zero-order valence-electron chi connectivity index (χ0n) is 9.90. The van der Waals surface area contributed by atoms with Gasteiger partial charge in [0.05, 0.1) is 0 Å². The number of hydrogen-bond donors (Lipinski definition) is 2. The van der Waals surface area contributed by atoms with E-state index in [4.69, 9.17) is 0 Å². The zero-order valence-corrected chi connectivity index (χ0v) is 11.5. The number of nitrogens with zero attached hydrogens (tertiary/aromatic N) is 2. The third-order valence-corrected chi connectivity index (χ3v) is 4.69. The second kappa shape index (κ2) is 5.79. The Balaban J connectivity index is 1.88. The molecule has 7 heteroatoms. The second-order valence-electron chi connectivity index (χ2n) is 4.00. The van der Waals surface area contributed by atoms with Crippen molar-refractivity contribution in [2.75, 3.05) is 24.2 Å². The Labute approximate surface area is 109 Å². The minimum atomic E-state index is 0.0300. The van der Waals surface area contributed by atoms with Crippen LogP contribution in [0.5, 0.6) is 0 Å². The summed E-state index contributed by atoms with van der Waals surface area (Å²) in [6.45, 7) is 5.89. The van der Waals surface area contributed by atoms with Crippen LogP contribution in [0.4, 0.5) is 5.13 Å². The second-order valence-corrected chi connectivity index (χ2v) is 6.49. The number of nitrogens with one attached hydrogen (secondary N) is 2. The van der Waals surface area contributed by atoms with Crippen LogP contribution < -0.4 is 10.6 Å². The Hall–Kier alpha value is -0.660. The van der Waals surface area contributed by atoms with Crippen LogP contribution in [0.15, 0.2) is 4.34 Å². The van der Waals surface area contributed by atoms with Crippen molar-refractivity contribution >= 4 is 34.1 Å². The molecule has 0 spiro atoms. The number of anilines is 1. The van der Waals surface area contributed by atoms with E-state index in [-0.39, 0.29) is 11.8 Å². The topological polar surface area (TPSA) is 66.9 Å². The van der Waals surface area contributed by atoms with Crippen molar-refractivity contribution in [3.63, 3.8) is 0 Å². The van der Waals surface area contributed by atoms with Crippen LogP contribution in [0.2, 0.25) is 0 Å². The fourth-order valence-corrected chi connectivity index (χ4v) is 3.19. The summed E-state index contributed by atoms with van der Waals surface area (Å²) < 4.78 is 0.903. The van der Waals surface area contributed by atoms with Crippen LogP contribution >= 0.6 is 23.1 Å². The minimum absolute atomic E-state index is 0.0300. The van der Waals surface area contributed by atoms with Crippen LogP contribution in [-0.2, 0) is 4.79 Å². The lowest BCUT2D eigenvalue weighted by atomic mass is 9.88. The van der Waals surface area contributed by atoms with Crippen molar-refractivity contribution < 1.29 is 4.79 Å². The maximum absolute atomic E-state index is 11.9. The van der Waals surface area contributed by atoms with Gasteiger partial charge in [0.25, 0.3) is 0 Å². The van der Waals surface area contributed by atoms with E-state index in [9.17, 15) is 4.79 Å². The lowest BCUT2D eigenvalue weighted by Crippen LogP contribution is -2.48. The minimum Gasteiger partial charge on any atom is -0.316 e. The summed E-state index contributed by atoms with van der Waals surface area (Å²) in [5.41, 5.74) is 0. The Morgan fingerprint density at radius 1 is 1.65 bits per heavy atom. The molecular weight excluding hydrogens is 256 g/mol. The van der Waals surface area contributed by atoms with Gasteiger partial charge in [-0.3, -0.25) is 4.79 Å². The van der Waals surface area contributed by atoms with Gasteiger partial charge in [0, 0.05) is 5.92 Å². The molecule has 1 fully saturated rings. The SMILES string of the molecule is CCSc1nnc(NC(=O)C(C)C2CNC2)s1. The van der Waals surface area contributed by atoms with Crippen LogP contribution in [-0.4, -0.2) is 34.9 Å². The number of rotatable bonds is 5. The van der Waals surface area contributed by atoms with Crippen molar-refractivity contribution in [1.29, 1.82) is 0 Å². The van der Waals surface area contributed by atoms with Gasteiger partial charge in [0.2, 0.25) is 11.0 Å². The van der Waals surface area contributed by atoms with Crippen LogP contribution in [0.25, 0.3) is 0 Å². The number of thioether (sulfide) groups is 1. The van der Waals surface area contributed by atoms with E-state index < -0.39 is 0 Å². The first-order chi connectivity index (χ1) is 8.20. The lowest BCUT2D eigenvalue weighted by molar-refractivity contribution is -0.121. The fraction of sp³-hybridized carbons (Fsp3) is 0.700. The fourth-order valence-electron chi connectivity index (χ4n) is 1.54. The first-order valence-electron chi connectivity index (χ1n) is 5.68. The summed E-state index contributed by atoms with van der Waals surface area (Å²) in [7, 11) is 0. The number of carbonyl (C=O) groups excluding carboxylic acids is 1. The predicted octanol–water partition coefficient (Wildman–Crippen LogP) is 1.44. The Kier molecular flexibility index (Phi) is 4.36. The number of hydrogen-bond acceptors (Lipinski definition) is 6. The summed E-state index contributed by atoms with van der Waals surface area (Å²) in [6.07, 6.45) is 0. The third-order valence-electron chi connectivity index (χ3n) is 2.84. The summed E-state index contributed by atoms with van der Waals surface area (Å²) in [6, 6.07) is 0. The van der Waals surface area contributed by atoms with Gasteiger partial charge >= 0.3 is 0 Å². The lowest BCUT2D eigenvalue weighted by Gasteiger charge is -2.31. The average Bonchev–Trinajstić information content (AvgIpc) is 2.63. The molecule has 1 unspecified atom stereocenters. The first-order valence-corrected chi connectivity index (χ1v) is 7.48. The molecule has 1 amide bonds. The van der Waals surface area contributed by atoms with Crippen LogP contribution in [0.3, 0.4) is 0 Å². The highest BCUT2D eigenvalue weighted by molar-refractivity contribution is 8.01. The highest BCUT2D eigenvalue weighted by Gasteiger charge is 2.29. The summed E-state index contributed by atoms with van der Waals surface area (Å²) in [5, 5.41) is 14.6. The molecule has 0 saturated carbocycles. The van der Waals surface area contributed by atoms with E-state index >= 15 is 0 Å². The molecule has 1 aliphatic heterocycles. The Morgan fingerprint density at radius 3 is 3.00 bits per heavy atom. The molecule has 0 bridgehead atoms. The van der Waals surface area contributed by atoms with Crippen molar-refractivity contribution in [3.05, 3.63) is 0 Å². The monoisotopic (exact) mass is 272 g/mol. The maximum Gasteiger partial charge on any atom is 0.229 e. The largest absolute Gasteiger partial charge is 0.316 e. The van der Waals surface area contributed by atoms with Crippen molar-refractivity contribution in [2.24, 2.45) is 11.8 Å². The number of amides is 1. The van der Waals surface area contributed by atoms with E-state index in [1.165, 1.54) is 11.3 Å². The van der Waals surface area contributed by atoms with Crippen LogP contribution in [0, 0.1) is 11.8 Å². The van der Waals surface area contributed by atoms with Gasteiger partial charge < -0.3 is 10.6 Å². The molecule has 0 aliphatic carbocycles. The predicted molar refractivity (Wildman–Crippen MR) is 70.5 cm³/mol. The van der Waals surface area contributed by atoms with E-state index in [0.717, 1.165) is 23.2 Å². The molecule has 17 heavy (non-hydrogen) atoms. The summed E-state index contributed by atoms with van der Waals surface area (Å²) in [5.74, 6) is 1.49. The van der Waals surface area contributed by atoms with Crippen LogP contribution in [0.1, 0.15) is 13.8 Å². The van der Waals surface area contributed by atoms with Gasteiger partial charge in [-0.05, 0) is 24.8 Å². The van der Waals surface area contributed by atoms with Crippen molar-refractivity contribution in [2.45, 2.75) is 18.2 Å². The van der Waals surface area contributed by atoms with Gasteiger partial charge in [-0.2, -0.15) is 0 Å². The number of aromatic nitrogens is 2. The molecule has 2 N–H and O–H groups in total. The van der Waals surface area contributed by atoms with E-state index in [1.807, 2.05) is 6.92 Å². The molecule has 1 saturated heterocycles. The maximum atomic E-state index is 11.9. The summed E-state index contributed by atoms with van der Waals surface area (Å²) >= 11 is 3.07. The standard InChI is InChI=1S/C10H16N4OS2/c1-3-16-10-14-13-9(17-10)12-8(15)6(2)7-4-11-5-7/h6-7,11H,3-5H2,1-2H3,(H,12,13,15). The molecular formula is C10H16N4OS2. The van der Waals surface area contributed by atoms with Gasteiger partial charge in [0.15, 0.2) is 4.34 Å². The molecule has 2 rings (SSSR count). The molecule has 0 aromatic carbocycles. The van der Waals surface area contributed by atoms with Crippen molar-refractivity contribution in [3.8, 4) is 0 Å². The summed E-state index contributed by atoms with van der Waals surface area (Å²) in [4.78, 5) is 11.9. The third kappa shape index (κ3) is 3.17. The molecule has 0 radical (unpaired) electrons. The van der Waals surface area contributed by atoms with Gasteiger partial charge in [-0.1, -0.05) is 36.9 Å². The molecule has 1 aromatic rings. The average molecular weight is 272 g/mol. The molecule has 1 aliphatic rings. The molecule has 1 aromatic heterocycles. The van der Waals surface area contributed by atoms with E-state index in [0.29, 0.717) is 11.0 Å². The van der Waals surface area contributed by atoms with Gasteiger partial charge in [-0.25, -0.2) is 0 Å². The number of carbonyl (C=O) groups is 1. The molecule has 5 nitrogen and oxygen atoms in total. The first kappa shape index (κ1) is 12.8. The van der Waals surface area contributed by atoms with Gasteiger partial charge in [-0.15, -0.1) is 10.2 Å². The zero-order chi connectivity index (χ0) is 12.3. The smallest absolute Gasteiger partial charge is 0.229 e. The van der Waals surface area contributed by atoms with E-state index in [2.05, 4.69) is 27.8 Å². The van der Waals surface area contributed by atoms with E-state index in [1.54, 1.807) is 11.8 Å². The van der Waals surface area contributed by atoms with Gasteiger partial charge in [0.1, 0.15) is 0 Å². The molecule has 2 heterocycles. The molecule has 1 atom stereocenters. The molecule has 94 valence electrons. The van der Waals surface area contributed by atoms with Crippen molar-refractivity contribution in [1.82, 2.24) is 15.5 Å². The highest BCUT2D eigenvalue weighted by atomic mass is 32.2. The highest BCUT2D eigenvalue weighted by Crippen LogP contribution is 2.26.